The van der Waals surface area contributed by atoms with Crippen molar-refractivity contribution in [3.63, 3.8) is 0 Å². The highest BCUT2D eigenvalue weighted by Gasteiger charge is 2.23. The molecule has 2 aliphatic rings. The molecule has 0 radical (unpaired) electrons. The van der Waals surface area contributed by atoms with Gasteiger partial charge in [-0.15, -0.1) is 0 Å². The summed E-state index contributed by atoms with van der Waals surface area (Å²) < 4.78 is 0. The standard InChI is InChI=1S/C18H28N4O2/c1-13-4-6-15(17(21-13)22-8-2-3-9-22)12-20-18(24)19-11-14-5-7-16(23)10-14/h4,6,14,16,23H,2-3,5,7-12H2,1H3,(H2,19,20,24). The Morgan fingerprint density at radius 3 is 2.79 bits per heavy atom. The molecular weight excluding hydrogens is 304 g/mol. The number of carbonyl (C=O) groups is 1. The highest BCUT2D eigenvalue weighted by molar-refractivity contribution is 5.74. The van der Waals surface area contributed by atoms with Gasteiger partial charge in [0, 0.05) is 37.4 Å². The third kappa shape index (κ3) is 4.38. The molecule has 2 unspecified atom stereocenters. The van der Waals surface area contributed by atoms with E-state index in [2.05, 4.69) is 26.6 Å². The van der Waals surface area contributed by atoms with Crippen LogP contribution in [0.2, 0.25) is 0 Å². The number of aromatic nitrogens is 1. The number of aryl methyl sites for hydroxylation is 1. The van der Waals surface area contributed by atoms with Crippen molar-refractivity contribution in [3.05, 3.63) is 23.4 Å². The zero-order chi connectivity index (χ0) is 16.9. The first-order valence-corrected chi connectivity index (χ1v) is 9.03. The average Bonchev–Trinajstić information content (AvgIpc) is 3.23. The molecule has 0 spiro atoms. The fourth-order valence-electron chi connectivity index (χ4n) is 3.62. The number of aliphatic hydroxyl groups is 1. The SMILES string of the molecule is Cc1ccc(CNC(=O)NCC2CCC(O)C2)c(N2CCCC2)n1. The molecule has 6 heteroatoms. The molecular formula is C18H28N4O2. The van der Waals surface area contributed by atoms with Gasteiger partial charge in [-0.2, -0.15) is 0 Å². The maximum absolute atomic E-state index is 12.0. The fourth-order valence-corrected chi connectivity index (χ4v) is 3.62. The van der Waals surface area contributed by atoms with Gasteiger partial charge < -0.3 is 20.6 Å². The van der Waals surface area contributed by atoms with Gasteiger partial charge in [0.05, 0.1) is 6.10 Å². The van der Waals surface area contributed by atoms with Crippen molar-refractivity contribution in [2.75, 3.05) is 24.5 Å². The van der Waals surface area contributed by atoms with Crippen molar-refractivity contribution in [3.8, 4) is 0 Å². The summed E-state index contributed by atoms with van der Waals surface area (Å²) in [7, 11) is 0. The molecule has 1 aromatic heterocycles. The molecule has 2 atom stereocenters. The number of nitrogens with one attached hydrogen (secondary N) is 2. The molecule has 1 aromatic rings. The predicted molar refractivity (Wildman–Crippen MR) is 94.0 cm³/mol. The Morgan fingerprint density at radius 2 is 2.08 bits per heavy atom. The Labute approximate surface area is 143 Å². The number of urea groups is 1. The van der Waals surface area contributed by atoms with E-state index in [0.717, 1.165) is 49.4 Å². The number of nitrogens with zero attached hydrogens (tertiary/aromatic N) is 2. The number of rotatable bonds is 5. The van der Waals surface area contributed by atoms with Crippen LogP contribution in [0, 0.1) is 12.8 Å². The van der Waals surface area contributed by atoms with Gasteiger partial charge in [0.15, 0.2) is 0 Å². The summed E-state index contributed by atoms with van der Waals surface area (Å²) in [6.45, 7) is 5.20. The first kappa shape index (κ1) is 17.0. The first-order valence-electron chi connectivity index (χ1n) is 9.03. The Hall–Kier alpha value is -1.82. The molecule has 24 heavy (non-hydrogen) atoms. The molecule has 1 aliphatic heterocycles. The Bertz CT molecular complexity index is 572. The molecule has 1 aliphatic carbocycles. The van der Waals surface area contributed by atoms with E-state index in [1.54, 1.807) is 0 Å². The molecule has 3 rings (SSSR count). The summed E-state index contributed by atoms with van der Waals surface area (Å²) in [6, 6.07) is 3.90. The number of aliphatic hydroxyl groups excluding tert-OH is 1. The second kappa shape index (κ2) is 7.83. The van der Waals surface area contributed by atoms with Crippen molar-refractivity contribution in [1.82, 2.24) is 15.6 Å². The molecule has 2 heterocycles. The molecule has 6 nitrogen and oxygen atoms in total. The number of anilines is 1. The molecule has 2 fully saturated rings. The lowest BCUT2D eigenvalue weighted by atomic mass is 10.1. The molecule has 1 saturated carbocycles. The van der Waals surface area contributed by atoms with E-state index in [0.29, 0.717) is 19.0 Å². The van der Waals surface area contributed by atoms with E-state index in [-0.39, 0.29) is 12.1 Å². The summed E-state index contributed by atoms with van der Waals surface area (Å²) >= 11 is 0. The number of carbonyl (C=O) groups excluding carboxylic acids is 1. The third-order valence-electron chi connectivity index (χ3n) is 5.01. The van der Waals surface area contributed by atoms with Gasteiger partial charge in [-0.1, -0.05) is 6.07 Å². The molecule has 3 N–H and O–H groups in total. The van der Waals surface area contributed by atoms with Crippen molar-refractivity contribution in [1.29, 1.82) is 0 Å². The van der Waals surface area contributed by atoms with Gasteiger partial charge in [-0.25, -0.2) is 9.78 Å². The van der Waals surface area contributed by atoms with Gasteiger partial charge in [0.2, 0.25) is 0 Å². The van der Waals surface area contributed by atoms with Crippen molar-refractivity contribution < 1.29 is 9.90 Å². The second-order valence-corrected chi connectivity index (χ2v) is 7.03. The van der Waals surface area contributed by atoms with Crippen LogP contribution in [0.4, 0.5) is 10.6 Å². The second-order valence-electron chi connectivity index (χ2n) is 7.03. The minimum atomic E-state index is -0.193. The summed E-state index contributed by atoms with van der Waals surface area (Å²) in [5.41, 5.74) is 2.07. The maximum atomic E-state index is 12.0. The minimum absolute atomic E-state index is 0.149. The quantitative estimate of drug-likeness (QED) is 0.770. The Balaban J connectivity index is 1.51. The van der Waals surface area contributed by atoms with Crippen LogP contribution in [0.25, 0.3) is 0 Å². The first-order chi connectivity index (χ1) is 11.6. The molecule has 2 amide bonds. The topological polar surface area (TPSA) is 77.5 Å². The lowest BCUT2D eigenvalue weighted by molar-refractivity contribution is 0.177. The van der Waals surface area contributed by atoms with Gasteiger partial charge in [0.1, 0.15) is 5.82 Å². The van der Waals surface area contributed by atoms with Crippen molar-refractivity contribution in [2.24, 2.45) is 5.92 Å². The summed E-state index contributed by atoms with van der Waals surface area (Å²) in [6.07, 6.45) is 4.85. The number of hydrogen-bond donors (Lipinski definition) is 3. The summed E-state index contributed by atoms with van der Waals surface area (Å²) in [4.78, 5) is 19.0. The van der Waals surface area contributed by atoms with E-state index in [9.17, 15) is 9.90 Å². The highest BCUT2D eigenvalue weighted by atomic mass is 16.3. The highest BCUT2D eigenvalue weighted by Crippen LogP contribution is 2.25. The largest absolute Gasteiger partial charge is 0.393 e. The maximum Gasteiger partial charge on any atom is 0.315 e. The molecule has 0 aromatic carbocycles. The van der Waals surface area contributed by atoms with Crippen LogP contribution in [-0.2, 0) is 6.54 Å². The van der Waals surface area contributed by atoms with Crippen LogP contribution in [0.5, 0.6) is 0 Å². The van der Waals surface area contributed by atoms with Gasteiger partial charge >= 0.3 is 6.03 Å². The molecule has 0 bridgehead atoms. The number of amides is 2. The van der Waals surface area contributed by atoms with E-state index < -0.39 is 0 Å². The lowest BCUT2D eigenvalue weighted by Gasteiger charge is -2.21. The van der Waals surface area contributed by atoms with Crippen LogP contribution in [0.3, 0.4) is 0 Å². The van der Waals surface area contributed by atoms with Crippen LogP contribution in [0.1, 0.15) is 43.4 Å². The monoisotopic (exact) mass is 332 g/mol. The zero-order valence-electron chi connectivity index (χ0n) is 14.4. The smallest absolute Gasteiger partial charge is 0.315 e. The lowest BCUT2D eigenvalue weighted by Crippen LogP contribution is -2.38. The fraction of sp³-hybridized carbons (Fsp3) is 0.667. The van der Waals surface area contributed by atoms with E-state index in [1.165, 1.54) is 12.8 Å². The van der Waals surface area contributed by atoms with Gasteiger partial charge in [-0.05, 0) is 51.0 Å². The summed E-state index contributed by atoms with van der Waals surface area (Å²) in [5, 5.41) is 15.4. The van der Waals surface area contributed by atoms with Crippen LogP contribution in [-0.4, -0.2) is 41.9 Å². The Morgan fingerprint density at radius 1 is 1.29 bits per heavy atom. The van der Waals surface area contributed by atoms with Crippen LogP contribution < -0.4 is 15.5 Å². The number of hydrogen-bond acceptors (Lipinski definition) is 4. The third-order valence-corrected chi connectivity index (χ3v) is 5.01. The van der Waals surface area contributed by atoms with Gasteiger partial charge in [-0.3, -0.25) is 0 Å². The van der Waals surface area contributed by atoms with E-state index in [1.807, 2.05) is 13.0 Å². The summed E-state index contributed by atoms with van der Waals surface area (Å²) in [5.74, 6) is 1.40. The predicted octanol–water partition coefficient (Wildman–Crippen LogP) is 1.95. The average molecular weight is 332 g/mol. The van der Waals surface area contributed by atoms with Crippen LogP contribution in [0.15, 0.2) is 12.1 Å². The molecule has 132 valence electrons. The Kier molecular flexibility index (Phi) is 5.56. The normalized spacial score (nSPS) is 23.5. The van der Waals surface area contributed by atoms with Crippen LogP contribution >= 0.6 is 0 Å². The van der Waals surface area contributed by atoms with E-state index >= 15 is 0 Å². The number of pyridine rings is 1. The minimum Gasteiger partial charge on any atom is -0.393 e. The van der Waals surface area contributed by atoms with Crippen molar-refractivity contribution in [2.45, 2.75) is 51.7 Å². The molecule has 1 saturated heterocycles. The zero-order valence-corrected chi connectivity index (χ0v) is 14.4. The van der Waals surface area contributed by atoms with Crippen molar-refractivity contribution >= 4 is 11.8 Å². The van der Waals surface area contributed by atoms with E-state index in [4.69, 9.17) is 0 Å². The van der Waals surface area contributed by atoms with Gasteiger partial charge in [0.25, 0.3) is 0 Å².